The van der Waals surface area contributed by atoms with Gasteiger partial charge in [-0.3, -0.25) is 4.79 Å². The molecule has 1 N–H and O–H groups in total. The first kappa shape index (κ1) is 21.8. The molecule has 34 heavy (non-hydrogen) atoms. The van der Waals surface area contributed by atoms with Gasteiger partial charge in [0.2, 0.25) is 0 Å². The Bertz CT molecular complexity index is 1280. The van der Waals surface area contributed by atoms with Crippen LogP contribution in [0.5, 0.6) is 5.75 Å². The molecule has 5 rings (SSSR count). The zero-order valence-electron chi connectivity index (χ0n) is 19.3. The lowest BCUT2D eigenvalue weighted by molar-refractivity contribution is 0.0951. The first-order valence-electron chi connectivity index (χ1n) is 11.6. The number of nitrogens with one attached hydrogen (secondary N) is 1. The normalized spacial score (nSPS) is 13.7. The number of anilines is 2. The third-order valence-electron chi connectivity index (χ3n) is 6.30. The monoisotopic (exact) mass is 452 g/mol. The van der Waals surface area contributed by atoms with Gasteiger partial charge in [-0.25, -0.2) is 4.98 Å². The number of rotatable bonds is 6. The maximum atomic E-state index is 12.9. The molecule has 0 saturated carbocycles. The van der Waals surface area contributed by atoms with Gasteiger partial charge in [-0.2, -0.15) is 0 Å². The summed E-state index contributed by atoms with van der Waals surface area (Å²) in [6.45, 7) is 4.07. The third-order valence-corrected chi connectivity index (χ3v) is 6.30. The number of piperazine rings is 1. The van der Waals surface area contributed by atoms with Gasteiger partial charge in [-0.15, -0.1) is 0 Å². The molecule has 0 aliphatic carbocycles. The molecular formula is C28H28N4O2. The Kier molecular flexibility index (Phi) is 6.29. The van der Waals surface area contributed by atoms with Crippen LogP contribution in [0.1, 0.15) is 15.9 Å². The number of methoxy groups -OCH3 is 1. The first-order chi connectivity index (χ1) is 16.7. The first-order valence-corrected chi connectivity index (χ1v) is 11.6. The molecule has 1 amide bonds. The van der Waals surface area contributed by atoms with Crippen molar-refractivity contribution < 1.29 is 9.53 Å². The number of pyridine rings is 1. The van der Waals surface area contributed by atoms with Crippen LogP contribution in [-0.4, -0.2) is 44.2 Å². The molecular weight excluding hydrogens is 424 g/mol. The number of nitrogens with zero attached hydrogens (tertiary/aromatic N) is 3. The number of carbonyl (C=O) groups excluding carboxylic acids is 1. The fourth-order valence-electron chi connectivity index (χ4n) is 4.43. The minimum Gasteiger partial charge on any atom is -0.497 e. The largest absolute Gasteiger partial charge is 0.497 e. The maximum absolute atomic E-state index is 12.9. The van der Waals surface area contributed by atoms with Crippen LogP contribution < -0.4 is 19.9 Å². The summed E-state index contributed by atoms with van der Waals surface area (Å²) in [6, 6.07) is 26.1. The number of hydrogen-bond donors (Lipinski definition) is 1. The molecule has 6 nitrogen and oxygen atoms in total. The summed E-state index contributed by atoms with van der Waals surface area (Å²) in [5.41, 5.74) is 2.88. The second-order valence-corrected chi connectivity index (χ2v) is 8.41. The second-order valence-electron chi connectivity index (χ2n) is 8.41. The van der Waals surface area contributed by atoms with Crippen LogP contribution in [0.3, 0.4) is 0 Å². The zero-order chi connectivity index (χ0) is 23.3. The molecule has 1 aliphatic heterocycles. The van der Waals surface area contributed by atoms with Gasteiger partial charge in [0.25, 0.3) is 5.91 Å². The third kappa shape index (κ3) is 4.66. The van der Waals surface area contributed by atoms with Crippen LogP contribution in [0.4, 0.5) is 11.5 Å². The minimum absolute atomic E-state index is 0.103. The minimum atomic E-state index is -0.103. The maximum Gasteiger partial charge on any atom is 0.251 e. The summed E-state index contributed by atoms with van der Waals surface area (Å²) in [5.74, 6) is 1.61. The molecule has 1 fully saturated rings. The van der Waals surface area contributed by atoms with E-state index in [0.717, 1.165) is 54.1 Å². The van der Waals surface area contributed by atoms with E-state index in [-0.39, 0.29) is 5.91 Å². The Morgan fingerprint density at radius 1 is 0.912 bits per heavy atom. The Morgan fingerprint density at radius 2 is 1.71 bits per heavy atom. The van der Waals surface area contributed by atoms with Crippen molar-refractivity contribution in [2.24, 2.45) is 0 Å². The van der Waals surface area contributed by atoms with E-state index in [9.17, 15) is 4.79 Å². The lowest BCUT2D eigenvalue weighted by Gasteiger charge is -2.37. The Morgan fingerprint density at radius 3 is 2.50 bits per heavy atom. The predicted molar refractivity (Wildman–Crippen MR) is 137 cm³/mol. The number of ether oxygens (including phenoxy) is 1. The Hall–Kier alpha value is -4.06. The number of hydrogen-bond acceptors (Lipinski definition) is 5. The number of aromatic nitrogens is 1. The average molecular weight is 453 g/mol. The van der Waals surface area contributed by atoms with E-state index in [1.165, 1.54) is 5.69 Å². The molecule has 1 saturated heterocycles. The van der Waals surface area contributed by atoms with Crippen LogP contribution in [0.25, 0.3) is 10.8 Å². The fourth-order valence-corrected chi connectivity index (χ4v) is 4.43. The zero-order valence-corrected chi connectivity index (χ0v) is 19.3. The Labute approximate surface area is 199 Å². The van der Waals surface area contributed by atoms with Gasteiger partial charge in [0, 0.05) is 55.6 Å². The lowest BCUT2D eigenvalue weighted by Crippen LogP contribution is -2.46. The van der Waals surface area contributed by atoms with Crippen molar-refractivity contribution in [3.8, 4) is 5.75 Å². The van der Waals surface area contributed by atoms with E-state index in [1.54, 1.807) is 7.11 Å². The van der Waals surface area contributed by atoms with Gasteiger partial charge in [0.15, 0.2) is 0 Å². The molecule has 1 aliphatic rings. The van der Waals surface area contributed by atoms with Gasteiger partial charge in [-0.1, -0.05) is 36.4 Å². The predicted octanol–water partition coefficient (Wildman–Crippen LogP) is 4.50. The SMILES string of the molecule is COc1cccc(CNC(=O)c2ccc3ccnc(N4CCN(c5ccccc5)CC4)c3c2)c1. The molecule has 4 aromatic rings. The van der Waals surface area contributed by atoms with E-state index < -0.39 is 0 Å². The highest BCUT2D eigenvalue weighted by Crippen LogP contribution is 2.27. The molecule has 172 valence electrons. The summed E-state index contributed by atoms with van der Waals surface area (Å²) in [4.78, 5) is 22.3. The number of amides is 1. The number of fused-ring (bicyclic) bond motifs is 1. The smallest absolute Gasteiger partial charge is 0.251 e. The summed E-state index contributed by atoms with van der Waals surface area (Å²) in [7, 11) is 1.64. The lowest BCUT2D eigenvalue weighted by atomic mass is 10.1. The van der Waals surface area contributed by atoms with Crippen molar-refractivity contribution in [1.29, 1.82) is 0 Å². The van der Waals surface area contributed by atoms with E-state index in [2.05, 4.69) is 39.4 Å². The highest BCUT2D eigenvalue weighted by atomic mass is 16.5. The van der Waals surface area contributed by atoms with Gasteiger partial charge in [0.1, 0.15) is 11.6 Å². The van der Waals surface area contributed by atoms with Crippen molar-refractivity contribution in [1.82, 2.24) is 10.3 Å². The summed E-state index contributed by atoms with van der Waals surface area (Å²) in [6.07, 6.45) is 1.85. The van der Waals surface area contributed by atoms with E-state index in [0.29, 0.717) is 12.1 Å². The average Bonchev–Trinajstić information content (AvgIpc) is 2.92. The molecule has 0 spiro atoms. The van der Waals surface area contributed by atoms with Crippen LogP contribution in [0.15, 0.2) is 85.1 Å². The van der Waals surface area contributed by atoms with Crippen LogP contribution in [-0.2, 0) is 6.54 Å². The molecule has 3 aromatic carbocycles. The molecule has 0 radical (unpaired) electrons. The van der Waals surface area contributed by atoms with Crippen molar-refractivity contribution in [3.05, 3.63) is 96.2 Å². The molecule has 1 aromatic heterocycles. The van der Waals surface area contributed by atoms with Crippen LogP contribution in [0.2, 0.25) is 0 Å². The van der Waals surface area contributed by atoms with Gasteiger partial charge in [-0.05, 0) is 53.4 Å². The number of carbonyl (C=O) groups is 1. The Balaban J connectivity index is 1.31. The van der Waals surface area contributed by atoms with Crippen LogP contribution >= 0.6 is 0 Å². The van der Waals surface area contributed by atoms with Crippen molar-refractivity contribution in [2.75, 3.05) is 43.1 Å². The number of para-hydroxylation sites is 1. The van der Waals surface area contributed by atoms with E-state index in [1.807, 2.05) is 60.8 Å². The second kappa shape index (κ2) is 9.83. The van der Waals surface area contributed by atoms with Crippen molar-refractivity contribution in [3.63, 3.8) is 0 Å². The van der Waals surface area contributed by atoms with Gasteiger partial charge in [0.05, 0.1) is 7.11 Å². The highest BCUT2D eigenvalue weighted by molar-refractivity contribution is 6.01. The molecule has 2 heterocycles. The summed E-state index contributed by atoms with van der Waals surface area (Å²) >= 11 is 0. The molecule has 0 unspecified atom stereocenters. The highest BCUT2D eigenvalue weighted by Gasteiger charge is 2.20. The number of benzene rings is 3. The molecule has 6 heteroatoms. The summed E-state index contributed by atoms with van der Waals surface area (Å²) < 4.78 is 5.27. The topological polar surface area (TPSA) is 57.7 Å². The van der Waals surface area contributed by atoms with Crippen molar-refractivity contribution in [2.45, 2.75) is 6.54 Å². The molecule has 0 atom stereocenters. The fraction of sp³-hybridized carbons (Fsp3) is 0.214. The van der Waals surface area contributed by atoms with Crippen molar-refractivity contribution >= 4 is 28.2 Å². The molecule has 0 bridgehead atoms. The van der Waals surface area contributed by atoms with Gasteiger partial charge < -0.3 is 19.9 Å². The quantitative estimate of drug-likeness (QED) is 0.467. The van der Waals surface area contributed by atoms with E-state index >= 15 is 0 Å². The van der Waals surface area contributed by atoms with Crippen LogP contribution in [0, 0.1) is 0 Å². The van der Waals surface area contributed by atoms with Gasteiger partial charge >= 0.3 is 0 Å². The van der Waals surface area contributed by atoms with E-state index in [4.69, 9.17) is 9.72 Å². The summed E-state index contributed by atoms with van der Waals surface area (Å²) in [5, 5.41) is 5.11. The standard InChI is InChI=1S/C28H28N4O2/c1-34-25-9-5-6-21(18-25)20-30-28(33)23-11-10-22-12-13-29-27(26(22)19-23)32-16-14-31(15-17-32)24-7-3-2-4-8-24/h2-13,18-19H,14-17,20H2,1H3,(H,30,33).